The van der Waals surface area contributed by atoms with E-state index < -0.39 is 5.60 Å². The van der Waals surface area contributed by atoms with Crippen LogP contribution >= 0.6 is 34.8 Å². The summed E-state index contributed by atoms with van der Waals surface area (Å²) in [4.78, 5) is 28.6. The average Bonchev–Trinajstić information content (AvgIpc) is 2.71. The van der Waals surface area contributed by atoms with Crippen LogP contribution in [0.1, 0.15) is 30.1 Å². The molecule has 3 amide bonds. The van der Waals surface area contributed by atoms with E-state index >= 15 is 0 Å². The summed E-state index contributed by atoms with van der Waals surface area (Å²) in [6.07, 6.45) is 0.714. The van der Waals surface area contributed by atoms with Crippen LogP contribution in [-0.4, -0.2) is 58.6 Å². The molecule has 0 unspecified atom stereocenters. The summed E-state index contributed by atoms with van der Waals surface area (Å²) in [6, 6.07) is 11.3. The summed E-state index contributed by atoms with van der Waals surface area (Å²) in [5.41, 5.74) is -0.0806. The van der Waals surface area contributed by atoms with Crippen LogP contribution in [0.3, 0.4) is 0 Å². The van der Waals surface area contributed by atoms with Gasteiger partial charge in [-0.25, -0.2) is 4.79 Å². The molecule has 9 heteroatoms. The highest BCUT2D eigenvalue weighted by atomic mass is 35.5. The van der Waals surface area contributed by atoms with Crippen LogP contribution in [0.4, 0.5) is 10.5 Å². The summed E-state index contributed by atoms with van der Waals surface area (Å²) in [5.74, 6) is -0.184. The first-order chi connectivity index (χ1) is 14.7. The van der Waals surface area contributed by atoms with Crippen molar-refractivity contribution in [3.05, 3.63) is 63.1 Å². The summed E-state index contributed by atoms with van der Waals surface area (Å²) in [7, 11) is 0. The predicted molar refractivity (Wildman–Crippen MR) is 124 cm³/mol. The van der Waals surface area contributed by atoms with Gasteiger partial charge < -0.3 is 20.2 Å². The first-order valence-electron chi connectivity index (χ1n) is 9.98. The molecule has 0 saturated carbocycles. The van der Waals surface area contributed by atoms with Crippen LogP contribution in [-0.2, 0) is 0 Å². The van der Waals surface area contributed by atoms with Gasteiger partial charge in [-0.05, 0) is 56.2 Å². The lowest BCUT2D eigenvalue weighted by Gasteiger charge is -2.40. The van der Waals surface area contributed by atoms with Gasteiger partial charge in [0.1, 0.15) is 0 Å². The lowest BCUT2D eigenvalue weighted by Crippen LogP contribution is -2.53. The molecule has 1 fully saturated rings. The Kier molecular flexibility index (Phi) is 7.70. The minimum Gasteiger partial charge on any atom is -0.388 e. The smallest absolute Gasteiger partial charge is 0.321 e. The third-order valence-corrected chi connectivity index (χ3v) is 5.99. The topological polar surface area (TPSA) is 72.9 Å². The standard InChI is InChI=1S/C22H24Cl3N3O3/c1-2-27(20(29)15-4-3-5-16(23)10-15)14-22(31)6-8-28(9-7-22)21(30)26-19-12-17(24)11-18(25)13-19/h3-5,10-13,31H,2,6-9,14H2,1H3,(H,26,30). The van der Waals surface area contributed by atoms with Crippen LogP contribution in [0.15, 0.2) is 42.5 Å². The first-order valence-corrected chi connectivity index (χ1v) is 11.1. The van der Waals surface area contributed by atoms with Gasteiger partial charge in [0.25, 0.3) is 5.91 Å². The number of hydrogen-bond acceptors (Lipinski definition) is 3. The van der Waals surface area contributed by atoms with E-state index in [9.17, 15) is 14.7 Å². The van der Waals surface area contributed by atoms with Crippen molar-refractivity contribution in [3.63, 3.8) is 0 Å². The highest BCUT2D eigenvalue weighted by Gasteiger charge is 2.36. The van der Waals surface area contributed by atoms with Crippen molar-refractivity contribution in [2.75, 3.05) is 31.5 Å². The van der Waals surface area contributed by atoms with Gasteiger partial charge in [0.05, 0.1) is 5.60 Å². The Hall–Kier alpha value is -1.99. The number of anilines is 1. The molecule has 0 aromatic heterocycles. The summed E-state index contributed by atoms with van der Waals surface area (Å²) in [6.45, 7) is 3.23. The number of nitrogens with zero attached hydrogens (tertiary/aromatic N) is 2. The maximum absolute atomic E-state index is 12.8. The van der Waals surface area contributed by atoms with Crippen molar-refractivity contribution in [3.8, 4) is 0 Å². The Balaban J connectivity index is 1.59. The molecule has 0 radical (unpaired) electrons. The maximum Gasteiger partial charge on any atom is 0.321 e. The lowest BCUT2D eigenvalue weighted by molar-refractivity contribution is -0.0323. The second-order valence-corrected chi connectivity index (χ2v) is 8.94. The fraction of sp³-hybridized carbons (Fsp3) is 0.364. The van der Waals surface area contributed by atoms with E-state index in [4.69, 9.17) is 34.8 Å². The monoisotopic (exact) mass is 483 g/mol. The Morgan fingerprint density at radius 3 is 2.29 bits per heavy atom. The van der Waals surface area contributed by atoms with Crippen molar-refractivity contribution in [2.45, 2.75) is 25.4 Å². The van der Waals surface area contributed by atoms with Crippen LogP contribution in [0, 0.1) is 0 Å². The number of rotatable bonds is 5. The van der Waals surface area contributed by atoms with E-state index in [2.05, 4.69) is 5.32 Å². The molecule has 2 aromatic carbocycles. The number of piperidine rings is 1. The van der Waals surface area contributed by atoms with Gasteiger partial charge in [-0.1, -0.05) is 40.9 Å². The average molecular weight is 485 g/mol. The molecule has 1 saturated heterocycles. The van der Waals surface area contributed by atoms with E-state index in [-0.39, 0.29) is 18.5 Å². The zero-order chi connectivity index (χ0) is 22.6. The second-order valence-electron chi connectivity index (χ2n) is 7.63. The minimum atomic E-state index is -1.07. The molecule has 0 aliphatic carbocycles. The van der Waals surface area contributed by atoms with Crippen molar-refractivity contribution in [1.29, 1.82) is 0 Å². The van der Waals surface area contributed by atoms with E-state index in [1.165, 1.54) is 0 Å². The summed E-state index contributed by atoms with van der Waals surface area (Å²) >= 11 is 17.9. The zero-order valence-electron chi connectivity index (χ0n) is 17.1. The number of likely N-dealkylation sites (tertiary alicyclic amines) is 1. The van der Waals surface area contributed by atoms with Gasteiger partial charge in [-0.3, -0.25) is 4.79 Å². The number of carbonyl (C=O) groups is 2. The third kappa shape index (κ3) is 6.26. The summed E-state index contributed by atoms with van der Waals surface area (Å²) < 4.78 is 0. The predicted octanol–water partition coefficient (Wildman–Crippen LogP) is 5.17. The highest BCUT2D eigenvalue weighted by Crippen LogP contribution is 2.26. The molecular weight excluding hydrogens is 461 g/mol. The van der Waals surface area contributed by atoms with Gasteiger partial charge in [-0.2, -0.15) is 0 Å². The summed E-state index contributed by atoms with van der Waals surface area (Å²) in [5, 5.41) is 15.2. The number of nitrogens with one attached hydrogen (secondary N) is 1. The molecule has 6 nitrogen and oxygen atoms in total. The molecule has 1 aliphatic heterocycles. The molecule has 2 aromatic rings. The van der Waals surface area contributed by atoms with Crippen molar-refractivity contribution in [2.24, 2.45) is 0 Å². The number of likely N-dealkylation sites (N-methyl/N-ethyl adjacent to an activating group) is 1. The molecule has 0 atom stereocenters. The minimum absolute atomic E-state index is 0.184. The Bertz CT molecular complexity index is 942. The fourth-order valence-electron chi connectivity index (χ4n) is 3.60. The number of halogens is 3. The molecule has 1 aliphatic rings. The normalized spacial score (nSPS) is 15.5. The molecular formula is C22H24Cl3N3O3. The van der Waals surface area contributed by atoms with E-state index in [1.807, 2.05) is 6.92 Å². The Morgan fingerprint density at radius 1 is 1.06 bits per heavy atom. The van der Waals surface area contributed by atoms with Gasteiger partial charge in [-0.15, -0.1) is 0 Å². The Morgan fingerprint density at radius 2 is 1.71 bits per heavy atom. The van der Waals surface area contributed by atoms with Crippen LogP contribution in [0.5, 0.6) is 0 Å². The maximum atomic E-state index is 12.8. The SMILES string of the molecule is CCN(CC1(O)CCN(C(=O)Nc2cc(Cl)cc(Cl)c2)CC1)C(=O)c1cccc(Cl)c1. The number of aliphatic hydroxyl groups is 1. The van der Waals surface area contributed by atoms with Gasteiger partial charge in [0.15, 0.2) is 0 Å². The van der Waals surface area contributed by atoms with Gasteiger partial charge in [0, 0.05) is 52.5 Å². The highest BCUT2D eigenvalue weighted by molar-refractivity contribution is 6.35. The quantitative estimate of drug-likeness (QED) is 0.615. The number of benzene rings is 2. The molecule has 1 heterocycles. The third-order valence-electron chi connectivity index (χ3n) is 5.32. The van der Waals surface area contributed by atoms with E-state index in [0.29, 0.717) is 58.8 Å². The number of amides is 3. The van der Waals surface area contributed by atoms with Gasteiger partial charge >= 0.3 is 6.03 Å². The molecule has 0 spiro atoms. The van der Waals surface area contributed by atoms with Gasteiger partial charge in [0.2, 0.25) is 0 Å². The molecule has 166 valence electrons. The molecule has 3 rings (SSSR count). The van der Waals surface area contributed by atoms with Crippen molar-refractivity contribution in [1.82, 2.24) is 9.80 Å². The Labute approximate surface area is 196 Å². The van der Waals surface area contributed by atoms with E-state index in [0.717, 1.165) is 0 Å². The second kappa shape index (κ2) is 10.1. The first kappa shape index (κ1) is 23.7. The number of hydrogen-bond donors (Lipinski definition) is 2. The molecule has 31 heavy (non-hydrogen) atoms. The number of carbonyl (C=O) groups excluding carboxylic acids is 2. The largest absolute Gasteiger partial charge is 0.388 e. The zero-order valence-corrected chi connectivity index (χ0v) is 19.3. The van der Waals surface area contributed by atoms with Crippen molar-refractivity contribution < 1.29 is 14.7 Å². The van der Waals surface area contributed by atoms with Crippen LogP contribution < -0.4 is 5.32 Å². The lowest BCUT2D eigenvalue weighted by atomic mass is 9.90. The molecule has 0 bridgehead atoms. The fourth-order valence-corrected chi connectivity index (χ4v) is 4.32. The number of urea groups is 1. The van der Waals surface area contributed by atoms with Crippen molar-refractivity contribution >= 4 is 52.4 Å². The van der Waals surface area contributed by atoms with Crippen LogP contribution in [0.2, 0.25) is 15.1 Å². The van der Waals surface area contributed by atoms with E-state index in [1.54, 1.807) is 52.3 Å². The molecule has 2 N–H and O–H groups in total. The van der Waals surface area contributed by atoms with Crippen LogP contribution in [0.25, 0.3) is 0 Å².